The summed E-state index contributed by atoms with van der Waals surface area (Å²) in [7, 11) is 2.90. The Labute approximate surface area is 126 Å². The third-order valence-electron chi connectivity index (χ3n) is 3.32. The Hall–Kier alpha value is -1.88. The van der Waals surface area contributed by atoms with E-state index in [1.807, 2.05) is 12.1 Å². The van der Waals surface area contributed by atoms with Gasteiger partial charge < -0.3 is 5.32 Å². The van der Waals surface area contributed by atoms with E-state index >= 15 is 0 Å². The quantitative estimate of drug-likeness (QED) is 0.865. The first-order chi connectivity index (χ1) is 9.66. The van der Waals surface area contributed by atoms with Gasteiger partial charge >= 0.3 is 0 Å². The predicted molar refractivity (Wildman–Crippen MR) is 81.8 cm³/mol. The number of nitrogens with one attached hydrogen (secondary N) is 1. The van der Waals surface area contributed by atoms with Crippen molar-refractivity contribution in [2.75, 3.05) is 14.2 Å². The second kappa shape index (κ2) is 6.72. The van der Waals surface area contributed by atoms with Crippen LogP contribution in [0.15, 0.2) is 24.3 Å². The molecule has 0 saturated carbocycles. The van der Waals surface area contributed by atoms with Gasteiger partial charge in [0.15, 0.2) is 0 Å². The van der Waals surface area contributed by atoms with E-state index in [1.54, 1.807) is 19.1 Å². The molecule has 0 spiro atoms. The maximum Gasteiger partial charge on any atom is 0.268 e. The third kappa shape index (κ3) is 4.56. The Balaban J connectivity index is 2.74. The molecule has 5 nitrogen and oxygen atoms in total. The van der Waals surface area contributed by atoms with Gasteiger partial charge in [-0.2, -0.15) is 0 Å². The molecule has 0 fully saturated rings. The second-order valence-electron chi connectivity index (χ2n) is 6.04. The average molecular weight is 292 g/mol. The van der Waals surface area contributed by atoms with Gasteiger partial charge in [-0.3, -0.25) is 14.4 Å². The minimum Gasteiger partial charge on any atom is -0.340 e. The smallest absolute Gasteiger partial charge is 0.268 e. The number of amides is 2. The summed E-state index contributed by atoms with van der Waals surface area (Å²) in [5.74, 6) is -0.585. The lowest BCUT2D eigenvalue weighted by atomic mass is 9.86. The number of hydrogen-bond acceptors (Lipinski definition) is 3. The first-order valence-electron chi connectivity index (χ1n) is 6.90. The van der Waals surface area contributed by atoms with Crippen LogP contribution >= 0.6 is 0 Å². The molecule has 2 amide bonds. The molecule has 116 valence electrons. The number of nitrogens with zero attached hydrogens (tertiary/aromatic N) is 1. The summed E-state index contributed by atoms with van der Waals surface area (Å²) < 4.78 is 0. The topological polar surface area (TPSA) is 58.6 Å². The van der Waals surface area contributed by atoms with Crippen LogP contribution in [0.25, 0.3) is 0 Å². The normalized spacial score (nSPS) is 12.7. The van der Waals surface area contributed by atoms with Gasteiger partial charge in [-0.15, -0.1) is 0 Å². The van der Waals surface area contributed by atoms with E-state index in [-0.39, 0.29) is 17.2 Å². The van der Waals surface area contributed by atoms with Crippen molar-refractivity contribution in [2.45, 2.75) is 39.2 Å². The minimum absolute atomic E-state index is 0.0411. The molecule has 0 saturated heterocycles. The molecule has 0 radical (unpaired) electrons. The van der Waals surface area contributed by atoms with E-state index in [0.717, 1.165) is 10.6 Å². The van der Waals surface area contributed by atoms with Gasteiger partial charge in [-0.25, -0.2) is 5.06 Å². The molecular weight excluding hydrogens is 268 g/mol. The van der Waals surface area contributed by atoms with Crippen LogP contribution in [-0.2, 0) is 15.0 Å². The van der Waals surface area contributed by atoms with Gasteiger partial charge in [-0.1, -0.05) is 32.9 Å². The van der Waals surface area contributed by atoms with Crippen LogP contribution in [0, 0.1) is 0 Å². The van der Waals surface area contributed by atoms with Gasteiger partial charge in [0.2, 0.25) is 0 Å². The zero-order chi connectivity index (χ0) is 16.2. The highest BCUT2D eigenvalue weighted by Crippen LogP contribution is 2.22. The van der Waals surface area contributed by atoms with Gasteiger partial charge in [0.1, 0.15) is 6.04 Å². The lowest BCUT2D eigenvalue weighted by Gasteiger charge is -2.20. The van der Waals surface area contributed by atoms with Crippen LogP contribution in [0.2, 0.25) is 0 Å². The van der Waals surface area contributed by atoms with Crippen molar-refractivity contribution in [3.63, 3.8) is 0 Å². The molecule has 0 aliphatic heterocycles. The maximum atomic E-state index is 12.1. The number of carbonyl (C=O) groups excluding carboxylic acids is 2. The molecule has 21 heavy (non-hydrogen) atoms. The summed E-state index contributed by atoms with van der Waals surface area (Å²) in [4.78, 5) is 28.7. The molecule has 1 atom stereocenters. The highest BCUT2D eigenvalue weighted by Gasteiger charge is 2.20. The van der Waals surface area contributed by atoms with Crippen molar-refractivity contribution in [3.05, 3.63) is 35.4 Å². The van der Waals surface area contributed by atoms with Crippen LogP contribution in [0.5, 0.6) is 0 Å². The summed E-state index contributed by atoms with van der Waals surface area (Å²) in [6.07, 6.45) is 0. The van der Waals surface area contributed by atoms with Crippen molar-refractivity contribution in [1.29, 1.82) is 0 Å². The van der Waals surface area contributed by atoms with E-state index in [9.17, 15) is 9.59 Å². The molecule has 5 heteroatoms. The van der Waals surface area contributed by atoms with E-state index in [4.69, 9.17) is 4.84 Å². The first-order valence-corrected chi connectivity index (χ1v) is 6.90. The lowest BCUT2D eigenvalue weighted by molar-refractivity contribution is -0.170. The number of carbonyl (C=O) groups is 2. The maximum absolute atomic E-state index is 12.1. The predicted octanol–water partition coefficient (Wildman–Crippen LogP) is 2.12. The van der Waals surface area contributed by atoms with Crippen molar-refractivity contribution in [1.82, 2.24) is 10.4 Å². The Bertz CT molecular complexity index is 503. The summed E-state index contributed by atoms with van der Waals surface area (Å²) in [6, 6.07) is 6.76. The standard InChI is InChI=1S/C16H24N2O3/c1-11(15(20)18(5)21-6)17-14(19)12-7-9-13(10-8-12)16(2,3)4/h7-11H,1-6H3,(H,17,19)/t11-/m1/s1. The molecule has 1 rings (SSSR count). The summed E-state index contributed by atoms with van der Waals surface area (Å²) >= 11 is 0. The summed E-state index contributed by atoms with van der Waals surface area (Å²) in [6.45, 7) is 7.97. The van der Waals surface area contributed by atoms with E-state index in [1.165, 1.54) is 14.2 Å². The molecule has 0 aromatic heterocycles. The highest BCUT2D eigenvalue weighted by molar-refractivity contribution is 5.97. The molecule has 0 aliphatic rings. The number of hydrogen-bond donors (Lipinski definition) is 1. The Morgan fingerprint density at radius 2 is 1.71 bits per heavy atom. The number of benzene rings is 1. The zero-order valence-electron chi connectivity index (χ0n) is 13.6. The molecule has 1 aromatic rings. The fourth-order valence-corrected chi connectivity index (χ4v) is 1.83. The monoisotopic (exact) mass is 292 g/mol. The number of likely N-dealkylation sites (N-methyl/N-ethyl adjacent to an activating group) is 1. The fraction of sp³-hybridized carbons (Fsp3) is 0.500. The van der Waals surface area contributed by atoms with E-state index < -0.39 is 6.04 Å². The molecule has 0 bridgehead atoms. The SMILES string of the molecule is CON(C)C(=O)[C@@H](C)NC(=O)c1ccc(C(C)(C)C)cc1. The summed E-state index contributed by atoms with van der Waals surface area (Å²) in [5, 5.41) is 3.75. The Morgan fingerprint density at radius 3 is 2.14 bits per heavy atom. The molecular formula is C16H24N2O3. The van der Waals surface area contributed by atoms with E-state index in [2.05, 4.69) is 26.1 Å². The molecule has 0 aliphatic carbocycles. The Morgan fingerprint density at radius 1 is 1.19 bits per heavy atom. The Kier molecular flexibility index (Phi) is 5.49. The van der Waals surface area contributed by atoms with Crippen molar-refractivity contribution in [3.8, 4) is 0 Å². The van der Waals surface area contributed by atoms with Gasteiger partial charge in [-0.05, 0) is 30.0 Å². The second-order valence-corrected chi connectivity index (χ2v) is 6.04. The van der Waals surface area contributed by atoms with Crippen LogP contribution in [0.4, 0.5) is 0 Å². The molecule has 0 unspecified atom stereocenters. The van der Waals surface area contributed by atoms with Crippen LogP contribution in [-0.4, -0.2) is 37.1 Å². The highest BCUT2D eigenvalue weighted by atomic mass is 16.7. The molecule has 1 N–H and O–H groups in total. The average Bonchev–Trinajstić information content (AvgIpc) is 2.44. The van der Waals surface area contributed by atoms with Crippen molar-refractivity contribution >= 4 is 11.8 Å². The van der Waals surface area contributed by atoms with Gasteiger partial charge in [0, 0.05) is 12.6 Å². The molecule has 1 aromatic carbocycles. The largest absolute Gasteiger partial charge is 0.340 e. The van der Waals surface area contributed by atoms with Crippen molar-refractivity contribution in [2.24, 2.45) is 0 Å². The minimum atomic E-state index is -0.648. The van der Waals surface area contributed by atoms with E-state index in [0.29, 0.717) is 5.56 Å². The first kappa shape index (κ1) is 17.2. The zero-order valence-corrected chi connectivity index (χ0v) is 13.6. The fourth-order valence-electron chi connectivity index (χ4n) is 1.83. The number of rotatable bonds is 4. The van der Waals surface area contributed by atoms with Crippen LogP contribution in [0.3, 0.4) is 0 Å². The van der Waals surface area contributed by atoms with Gasteiger partial charge in [0.05, 0.1) is 7.11 Å². The number of hydroxylamine groups is 2. The van der Waals surface area contributed by atoms with Crippen LogP contribution in [0.1, 0.15) is 43.6 Å². The van der Waals surface area contributed by atoms with Gasteiger partial charge in [0.25, 0.3) is 11.8 Å². The third-order valence-corrected chi connectivity index (χ3v) is 3.32. The van der Waals surface area contributed by atoms with Crippen molar-refractivity contribution < 1.29 is 14.4 Å². The lowest BCUT2D eigenvalue weighted by Crippen LogP contribution is -2.45. The van der Waals surface area contributed by atoms with Crippen LogP contribution < -0.4 is 5.32 Å². The molecule has 0 heterocycles. The summed E-state index contributed by atoms with van der Waals surface area (Å²) in [5.41, 5.74) is 1.73.